The van der Waals surface area contributed by atoms with Crippen molar-refractivity contribution in [3.63, 3.8) is 0 Å². The highest BCUT2D eigenvalue weighted by molar-refractivity contribution is 9.10. The summed E-state index contributed by atoms with van der Waals surface area (Å²) in [6.45, 7) is 1.72. The van der Waals surface area contributed by atoms with Crippen molar-refractivity contribution in [3.8, 4) is 11.5 Å². The van der Waals surface area contributed by atoms with Gasteiger partial charge < -0.3 is 24.6 Å². The lowest BCUT2D eigenvalue weighted by Gasteiger charge is -2.12. The fourth-order valence-corrected chi connectivity index (χ4v) is 2.18. The smallest absolute Gasteiger partial charge is 0.231 e. The molecule has 1 aromatic rings. The Bertz CT molecular complexity index is 413. The maximum atomic E-state index is 9.51. The monoisotopic (exact) mass is 317 g/mol. The first-order chi connectivity index (χ1) is 8.70. The van der Waals surface area contributed by atoms with Gasteiger partial charge in [-0.25, -0.2) is 0 Å². The zero-order valence-electron chi connectivity index (χ0n) is 10.1. The van der Waals surface area contributed by atoms with Crippen LogP contribution in [0.3, 0.4) is 0 Å². The number of aliphatic hydroxyl groups is 1. The van der Waals surface area contributed by atoms with Gasteiger partial charge in [0.2, 0.25) is 6.79 Å². The summed E-state index contributed by atoms with van der Waals surface area (Å²) in [7, 11) is 1.57. The van der Waals surface area contributed by atoms with E-state index in [4.69, 9.17) is 14.2 Å². The summed E-state index contributed by atoms with van der Waals surface area (Å²) in [6.07, 6.45) is -0.497. The molecular weight excluding hydrogens is 302 g/mol. The summed E-state index contributed by atoms with van der Waals surface area (Å²) < 4.78 is 16.4. The second-order valence-corrected chi connectivity index (χ2v) is 4.89. The Morgan fingerprint density at radius 2 is 2.17 bits per heavy atom. The second kappa shape index (κ2) is 6.38. The van der Waals surface area contributed by atoms with Crippen molar-refractivity contribution >= 4 is 15.9 Å². The van der Waals surface area contributed by atoms with Gasteiger partial charge in [-0.05, 0) is 17.7 Å². The molecule has 0 bridgehead atoms. The predicted molar refractivity (Wildman–Crippen MR) is 69.9 cm³/mol. The van der Waals surface area contributed by atoms with Crippen LogP contribution < -0.4 is 14.8 Å². The van der Waals surface area contributed by atoms with Gasteiger partial charge in [-0.1, -0.05) is 15.9 Å². The number of hydrogen-bond acceptors (Lipinski definition) is 5. The average molecular weight is 318 g/mol. The summed E-state index contributed by atoms with van der Waals surface area (Å²) >= 11 is 3.49. The minimum absolute atomic E-state index is 0.269. The van der Waals surface area contributed by atoms with Gasteiger partial charge >= 0.3 is 0 Å². The third-order valence-electron chi connectivity index (χ3n) is 2.60. The number of aliphatic hydroxyl groups excluding tert-OH is 1. The van der Waals surface area contributed by atoms with Crippen molar-refractivity contribution in [3.05, 3.63) is 22.2 Å². The minimum atomic E-state index is -0.497. The van der Waals surface area contributed by atoms with Crippen molar-refractivity contribution in [1.82, 2.24) is 5.32 Å². The quantitative estimate of drug-likeness (QED) is 0.827. The molecule has 2 rings (SSSR count). The number of fused-ring (bicyclic) bond motifs is 1. The SMILES string of the molecule is COCC(O)CNCc1cc2c(cc1Br)OCO2. The Morgan fingerprint density at radius 1 is 1.44 bits per heavy atom. The highest BCUT2D eigenvalue weighted by atomic mass is 79.9. The normalized spacial score (nSPS) is 14.8. The average Bonchev–Trinajstić information content (AvgIpc) is 2.76. The molecule has 0 aromatic heterocycles. The van der Waals surface area contributed by atoms with Crippen LogP contribution in [0, 0.1) is 0 Å². The molecule has 0 aliphatic carbocycles. The molecule has 100 valence electrons. The van der Waals surface area contributed by atoms with Crippen molar-refractivity contribution in [2.24, 2.45) is 0 Å². The summed E-state index contributed by atoms with van der Waals surface area (Å²) in [5.74, 6) is 1.51. The second-order valence-electron chi connectivity index (χ2n) is 4.04. The highest BCUT2D eigenvalue weighted by Crippen LogP contribution is 2.36. The first-order valence-corrected chi connectivity index (χ1v) is 6.45. The van der Waals surface area contributed by atoms with Crippen LogP contribution in [0.4, 0.5) is 0 Å². The van der Waals surface area contributed by atoms with E-state index < -0.39 is 6.10 Å². The lowest BCUT2D eigenvalue weighted by Crippen LogP contribution is -2.29. The van der Waals surface area contributed by atoms with Gasteiger partial charge in [0.05, 0.1) is 12.7 Å². The Balaban J connectivity index is 1.90. The number of ether oxygens (including phenoxy) is 3. The van der Waals surface area contributed by atoms with E-state index in [1.54, 1.807) is 7.11 Å². The van der Waals surface area contributed by atoms with Crippen LogP contribution in [0.15, 0.2) is 16.6 Å². The van der Waals surface area contributed by atoms with Crippen LogP contribution in [0.2, 0.25) is 0 Å². The van der Waals surface area contributed by atoms with E-state index in [0.717, 1.165) is 21.5 Å². The van der Waals surface area contributed by atoms with Crippen LogP contribution >= 0.6 is 15.9 Å². The Hall–Kier alpha value is -0.820. The number of nitrogens with one attached hydrogen (secondary N) is 1. The largest absolute Gasteiger partial charge is 0.454 e. The standard InChI is InChI=1S/C12H16BrNO4/c1-16-6-9(15)5-14-4-8-2-11-12(3-10(8)13)18-7-17-11/h2-3,9,14-15H,4-7H2,1H3. The lowest BCUT2D eigenvalue weighted by atomic mass is 10.2. The molecule has 18 heavy (non-hydrogen) atoms. The van der Waals surface area contributed by atoms with E-state index in [1.165, 1.54) is 0 Å². The zero-order valence-corrected chi connectivity index (χ0v) is 11.7. The molecule has 1 aliphatic rings. The zero-order chi connectivity index (χ0) is 13.0. The predicted octanol–water partition coefficient (Wildman–Crippen LogP) is 1.27. The van der Waals surface area contributed by atoms with Crippen LogP contribution in [-0.2, 0) is 11.3 Å². The molecule has 1 heterocycles. The van der Waals surface area contributed by atoms with Crippen molar-refractivity contribution in [2.45, 2.75) is 12.6 Å². The number of benzene rings is 1. The molecule has 1 aliphatic heterocycles. The number of hydrogen-bond donors (Lipinski definition) is 2. The van der Waals surface area contributed by atoms with E-state index >= 15 is 0 Å². The van der Waals surface area contributed by atoms with Crippen molar-refractivity contribution in [2.75, 3.05) is 27.1 Å². The van der Waals surface area contributed by atoms with Gasteiger partial charge in [-0.2, -0.15) is 0 Å². The third-order valence-corrected chi connectivity index (χ3v) is 3.33. The van der Waals surface area contributed by atoms with E-state index in [9.17, 15) is 5.11 Å². The van der Waals surface area contributed by atoms with Crippen molar-refractivity contribution in [1.29, 1.82) is 0 Å². The van der Waals surface area contributed by atoms with E-state index in [2.05, 4.69) is 21.2 Å². The number of rotatable bonds is 6. The summed E-state index contributed by atoms with van der Waals surface area (Å²) in [4.78, 5) is 0. The molecule has 0 amide bonds. The molecule has 1 aromatic carbocycles. The van der Waals surface area contributed by atoms with Gasteiger partial charge in [0, 0.05) is 24.7 Å². The molecule has 0 saturated carbocycles. The molecule has 6 heteroatoms. The van der Waals surface area contributed by atoms with Crippen molar-refractivity contribution < 1.29 is 19.3 Å². The third kappa shape index (κ3) is 3.35. The summed E-state index contributed by atoms with van der Waals surface area (Å²) in [5.41, 5.74) is 1.06. The molecule has 1 atom stereocenters. The van der Waals surface area contributed by atoms with Crippen LogP contribution in [0.5, 0.6) is 11.5 Å². The van der Waals surface area contributed by atoms with Crippen LogP contribution in [0.1, 0.15) is 5.56 Å². The molecule has 0 saturated heterocycles. The van der Waals surface area contributed by atoms with Crippen LogP contribution in [0.25, 0.3) is 0 Å². The Labute approximate surface area is 114 Å². The number of halogens is 1. The fraction of sp³-hybridized carbons (Fsp3) is 0.500. The molecule has 0 fully saturated rings. The fourth-order valence-electron chi connectivity index (χ4n) is 1.72. The Kier molecular flexibility index (Phi) is 4.82. The van der Waals surface area contributed by atoms with Gasteiger partial charge in [0.1, 0.15) is 0 Å². The number of methoxy groups -OCH3 is 1. The molecule has 2 N–H and O–H groups in total. The minimum Gasteiger partial charge on any atom is -0.454 e. The van der Waals surface area contributed by atoms with E-state index in [0.29, 0.717) is 19.7 Å². The molecule has 5 nitrogen and oxygen atoms in total. The topological polar surface area (TPSA) is 60.0 Å². The Morgan fingerprint density at radius 3 is 2.89 bits per heavy atom. The maximum absolute atomic E-state index is 9.51. The first-order valence-electron chi connectivity index (χ1n) is 5.66. The first kappa shape index (κ1) is 13.6. The van der Waals surface area contributed by atoms with Gasteiger partial charge in [0.15, 0.2) is 11.5 Å². The summed E-state index contributed by atoms with van der Waals surface area (Å²) in [6, 6.07) is 3.83. The van der Waals surface area contributed by atoms with Gasteiger partial charge in [0.25, 0.3) is 0 Å². The lowest BCUT2D eigenvalue weighted by molar-refractivity contribution is 0.0644. The van der Waals surface area contributed by atoms with Gasteiger partial charge in [-0.3, -0.25) is 0 Å². The summed E-state index contributed by atoms with van der Waals surface area (Å²) in [5, 5.41) is 12.7. The molecule has 0 spiro atoms. The molecular formula is C12H16BrNO4. The van der Waals surface area contributed by atoms with Gasteiger partial charge in [-0.15, -0.1) is 0 Å². The highest BCUT2D eigenvalue weighted by Gasteiger charge is 2.16. The van der Waals surface area contributed by atoms with E-state index in [-0.39, 0.29) is 6.79 Å². The maximum Gasteiger partial charge on any atom is 0.231 e. The van der Waals surface area contributed by atoms with Crippen LogP contribution in [-0.4, -0.2) is 38.3 Å². The molecule has 1 unspecified atom stereocenters. The van der Waals surface area contributed by atoms with E-state index in [1.807, 2.05) is 12.1 Å². The molecule has 0 radical (unpaired) electrons.